The highest BCUT2D eigenvalue weighted by Gasteiger charge is 2.12. The van der Waals surface area contributed by atoms with Crippen LogP contribution in [0.15, 0.2) is 30.7 Å². The Morgan fingerprint density at radius 1 is 1.35 bits per heavy atom. The highest BCUT2D eigenvalue weighted by molar-refractivity contribution is 6.32. The number of benzene rings is 1. The molecule has 1 aromatic carbocycles. The fourth-order valence-corrected chi connectivity index (χ4v) is 2.02. The topological polar surface area (TPSA) is 66.0 Å². The van der Waals surface area contributed by atoms with E-state index in [4.69, 9.17) is 22.1 Å². The molecule has 3 aromatic rings. The van der Waals surface area contributed by atoms with Crippen molar-refractivity contribution in [3.8, 4) is 11.5 Å². The number of hydrogen-bond acceptors (Lipinski definition) is 4. The van der Waals surface area contributed by atoms with Gasteiger partial charge in [0.15, 0.2) is 11.5 Å². The summed E-state index contributed by atoms with van der Waals surface area (Å²) in [4.78, 5) is 8.39. The van der Waals surface area contributed by atoms with E-state index in [0.717, 1.165) is 5.65 Å². The monoisotopic (exact) mass is 292 g/mol. The van der Waals surface area contributed by atoms with Crippen LogP contribution in [0, 0.1) is 5.82 Å². The Bertz CT molecular complexity index is 802. The minimum atomic E-state index is -0.698. The number of halogens is 2. The molecule has 0 fully saturated rings. The highest BCUT2D eigenvalue weighted by atomic mass is 35.5. The van der Waals surface area contributed by atoms with Gasteiger partial charge in [-0.15, -0.1) is 0 Å². The first-order valence-corrected chi connectivity index (χ1v) is 6.12. The Morgan fingerprint density at radius 2 is 2.15 bits per heavy atom. The normalized spacial score (nSPS) is 10.9. The minimum absolute atomic E-state index is 0.0272. The highest BCUT2D eigenvalue weighted by Crippen LogP contribution is 2.34. The lowest BCUT2D eigenvalue weighted by atomic mass is 10.3. The number of hydrogen-bond donors (Lipinski definition) is 1. The van der Waals surface area contributed by atoms with E-state index in [1.165, 1.54) is 18.3 Å². The van der Waals surface area contributed by atoms with Gasteiger partial charge in [-0.25, -0.2) is 14.4 Å². The zero-order chi connectivity index (χ0) is 14.3. The molecule has 0 aliphatic rings. The Hall–Kier alpha value is -2.34. The van der Waals surface area contributed by atoms with Crippen molar-refractivity contribution in [3.05, 3.63) is 41.6 Å². The summed E-state index contributed by atoms with van der Waals surface area (Å²) in [7, 11) is 1.84. The molecule has 5 nitrogen and oxygen atoms in total. The molecule has 0 bridgehead atoms. The van der Waals surface area contributed by atoms with Gasteiger partial charge in [0.05, 0.1) is 18.2 Å². The Labute approximate surface area is 118 Å². The maximum atomic E-state index is 13.6. The number of nitrogen functional groups attached to an aromatic ring is 1. The van der Waals surface area contributed by atoms with Crippen molar-refractivity contribution in [2.24, 2.45) is 7.05 Å². The minimum Gasteiger partial charge on any atom is -0.454 e. The standard InChI is InChI=1S/C13H10ClFN4O/c1-19-6-18-9-4-7(5-17-13(9)19)20-10-3-2-8(16)12(15)11(10)14/h2-6H,16H2,1H3. The zero-order valence-corrected chi connectivity index (χ0v) is 11.2. The van der Waals surface area contributed by atoms with Gasteiger partial charge in [-0.2, -0.15) is 0 Å². The maximum absolute atomic E-state index is 13.6. The molecule has 2 N–H and O–H groups in total. The van der Waals surface area contributed by atoms with E-state index in [1.54, 1.807) is 17.0 Å². The predicted octanol–water partition coefficient (Wildman–Crippen LogP) is 3.14. The quantitative estimate of drug-likeness (QED) is 0.737. The number of nitrogens with zero attached hydrogens (tertiary/aromatic N) is 3. The molecular formula is C13H10ClFN4O. The first kappa shape index (κ1) is 12.7. The third-order valence-corrected chi connectivity index (χ3v) is 3.18. The number of rotatable bonds is 2. The number of aryl methyl sites for hydroxylation is 1. The third-order valence-electron chi connectivity index (χ3n) is 2.83. The molecule has 0 amide bonds. The van der Waals surface area contributed by atoms with Crippen LogP contribution in [0.4, 0.5) is 10.1 Å². The molecule has 0 atom stereocenters. The van der Waals surface area contributed by atoms with Crippen LogP contribution < -0.4 is 10.5 Å². The first-order valence-electron chi connectivity index (χ1n) is 5.74. The third kappa shape index (κ3) is 2.04. The van der Waals surface area contributed by atoms with Gasteiger partial charge < -0.3 is 15.0 Å². The van der Waals surface area contributed by atoms with Gasteiger partial charge in [0.1, 0.15) is 22.0 Å². The number of pyridine rings is 1. The van der Waals surface area contributed by atoms with Crippen molar-refractivity contribution in [3.63, 3.8) is 0 Å². The van der Waals surface area contributed by atoms with Crippen LogP contribution in [0.5, 0.6) is 11.5 Å². The van der Waals surface area contributed by atoms with E-state index < -0.39 is 5.82 Å². The van der Waals surface area contributed by atoms with Gasteiger partial charge in [-0.05, 0) is 12.1 Å². The van der Waals surface area contributed by atoms with Crippen LogP contribution in [0.25, 0.3) is 11.2 Å². The van der Waals surface area contributed by atoms with Crippen molar-refractivity contribution in [1.82, 2.24) is 14.5 Å². The van der Waals surface area contributed by atoms with E-state index in [1.807, 2.05) is 7.05 Å². The van der Waals surface area contributed by atoms with E-state index in [9.17, 15) is 4.39 Å². The van der Waals surface area contributed by atoms with E-state index in [-0.39, 0.29) is 16.5 Å². The van der Waals surface area contributed by atoms with Crippen molar-refractivity contribution in [1.29, 1.82) is 0 Å². The van der Waals surface area contributed by atoms with Gasteiger partial charge in [-0.1, -0.05) is 11.6 Å². The molecule has 0 spiro atoms. The van der Waals surface area contributed by atoms with E-state index >= 15 is 0 Å². The molecule has 0 aliphatic heterocycles. The Kier molecular flexibility index (Phi) is 2.94. The van der Waals surface area contributed by atoms with Crippen LogP contribution in [0.3, 0.4) is 0 Å². The summed E-state index contributed by atoms with van der Waals surface area (Å²) >= 11 is 5.85. The Morgan fingerprint density at radius 3 is 2.95 bits per heavy atom. The average Bonchev–Trinajstić information content (AvgIpc) is 2.81. The summed E-state index contributed by atoms with van der Waals surface area (Å²) in [6, 6.07) is 4.60. The largest absolute Gasteiger partial charge is 0.454 e. The van der Waals surface area contributed by atoms with Crippen molar-refractivity contribution < 1.29 is 9.13 Å². The smallest absolute Gasteiger partial charge is 0.168 e. The number of ether oxygens (including phenoxy) is 1. The second-order valence-electron chi connectivity index (χ2n) is 4.25. The second-order valence-corrected chi connectivity index (χ2v) is 4.63. The van der Waals surface area contributed by atoms with E-state index in [0.29, 0.717) is 11.3 Å². The number of nitrogens with two attached hydrogens (primary N) is 1. The van der Waals surface area contributed by atoms with Crippen LogP contribution in [0.2, 0.25) is 5.02 Å². The van der Waals surface area contributed by atoms with Crippen LogP contribution in [-0.4, -0.2) is 14.5 Å². The van der Waals surface area contributed by atoms with Gasteiger partial charge in [-0.3, -0.25) is 0 Å². The average molecular weight is 293 g/mol. The summed E-state index contributed by atoms with van der Waals surface area (Å²) in [5.74, 6) is -0.103. The lowest BCUT2D eigenvalue weighted by Crippen LogP contribution is -1.94. The summed E-state index contributed by atoms with van der Waals surface area (Å²) in [5, 5.41) is -0.161. The SMILES string of the molecule is Cn1cnc2cc(Oc3ccc(N)c(F)c3Cl)cnc21. The lowest BCUT2D eigenvalue weighted by molar-refractivity contribution is 0.476. The van der Waals surface area contributed by atoms with Crippen LogP contribution in [0.1, 0.15) is 0 Å². The fraction of sp³-hybridized carbons (Fsp3) is 0.0769. The molecule has 102 valence electrons. The maximum Gasteiger partial charge on any atom is 0.168 e. The molecular weight excluding hydrogens is 283 g/mol. The molecule has 20 heavy (non-hydrogen) atoms. The van der Waals surface area contributed by atoms with Crippen LogP contribution in [-0.2, 0) is 7.05 Å². The molecule has 0 saturated heterocycles. The number of fused-ring (bicyclic) bond motifs is 1. The van der Waals surface area contributed by atoms with Gasteiger partial charge in [0.25, 0.3) is 0 Å². The fourth-order valence-electron chi connectivity index (χ4n) is 1.81. The summed E-state index contributed by atoms with van der Waals surface area (Å²) in [6.07, 6.45) is 3.17. The van der Waals surface area contributed by atoms with Crippen molar-refractivity contribution >= 4 is 28.5 Å². The molecule has 0 radical (unpaired) electrons. The lowest BCUT2D eigenvalue weighted by Gasteiger charge is -2.08. The molecule has 3 rings (SSSR count). The van der Waals surface area contributed by atoms with Crippen molar-refractivity contribution in [2.75, 3.05) is 5.73 Å². The molecule has 0 saturated carbocycles. The molecule has 7 heteroatoms. The molecule has 0 aliphatic carbocycles. The molecule has 2 aromatic heterocycles. The Balaban J connectivity index is 1.99. The number of anilines is 1. The van der Waals surface area contributed by atoms with E-state index in [2.05, 4.69) is 9.97 Å². The van der Waals surface area contributed by atoms with Gasteiger partial charge in [0.2, 0.25) is 0 Å². The number of aromatic nitrogens is 3. The predicted molar refractivity (Wildman–Crippen MR) is 74.4 cm³/mol. The van der Waals surface area contributed by atoms with Gasteiger partial charge >= 0.3 is 0 Å². The summed E-state index contributed by atoms with van der Waals surface area (Å²) in [6.45, 7) is 0. The first-order chi connectivity index (χ1) is 9.56. The van der Waals surface area contributed by atoms with Crippen molar-refractivity contribution in [2.45, 2.75) is 0 Å². The summed E-state index contributed by atoms with van der Waals surface area (Å²) in [5.41, 5.74) is 6.80. The van der Waals surface area contributed by atoms with Crippen LogP contribution >= 0.6 is 11.6 Å². The summed E-state index contributed by atoms with van der Waals surface area (Å²) < 4.78 is 20.9. The molecule has 2 heterocycles. The van der Waals surface area contributed by atoms with Gasteiger partial charge in [0, 0.05) is 13.1 Å². The zero-order valence-electron chi connectivity index (χ0n) is 10.5. The number of imidazole rings is 1. The molecule has 0 unspecified atom stereocenters. The second kappa shape index (κ2) is 4.64.